The first-order chi connectivity index (χ1) is 12.1. The molecule has 5 nitrogen and oxygen atoms in total. The van der Waals surface area contributed by atoms with Gasteiger partial charge in [0.15, 0.2) is 0 Å². The number of hydrogen-bond acceptors (Lipinski definition) is 4. The number of esters is 1. The van der Waals surface area contributed by atoms with Crippen LogP contribution in [0.25, 0.3) is 16.7 Å². The summed E-state index contributed by atoms with van der Waals surface area (Å²) < 4.78 is 6.73. The second-order valence-corrected chi connectivity index (χ2v) is 5.90. The van der Waals surface area contributed by atoms with Crippen LogP contribution in [0.2, 0.25) is 0 Å². The van der Waals surface area contributed by atoms with Crippen molar-refractivity contribution < 1.29 is 9.53 Å². The fraction of sp³-hybridized carbons (Fsp3) is 0.200. The van der Waals surface area contributed by atoms with Crippen LogP contribution in [-0.2, 0) is 4.74 Å². The maximum Gasteiger partial charge on any atom is 0.337 e. The van der Waals surface area contributed by atoms with Gasteiger partial charge in [0.1, 0.15) is 6.33 Å². The van der Waals surface area contributed by atoms with Crippen molar-refractivity contribution in [2.75, 3.05) is 27.7 Å². The van der Waals surface area contributed by atoms with Gasteiger partial charge in [0, 0.05) is 11.3 Å². The molecule has 1 aromatic heterocycles. The predicted octanol–water partition coefficient (Wildman–Crippen LogP) is 2.73. The van der Waals surface area contributed by atoms with Crippen LogP contribution in [0.1, 0.15) is 15.9 Å². The number of imidazole rings is 1. The van der Waals surface area contributed by atoms with Gasteiger partial charge < -0.3 is 4.74 Å². The smallest absolute Gasteiger partial charge is 0.337 e. The molecular weight excluding hydrogens is 314 g/mol. The van der Waals surface area contributed by atoms with Gasteiger partial charge in [0.2, 0.25) is 0 Å². The Labute approximate surface area is 146 Å². The van der Waals surface area contributed by atoms with E-state index in [9.17, 15) is 4.79 Å². The van der Waals surface area contributed by atoms with Gasteiger partial charge in [-0.15, -0.1) is 0 Å². The molecule has 3 aromatic rings. The first kappa shape index (κ1) is 16.7. The summed E-state index contributed by atoms with van der Waals surface area (Å²) in [4.78, 5) is 18.2. The molecule has 0 aliphatic carbocycles. The van der Waals surface area contributed by atoms with Gasteiger partial charge >= 0.3 is 5.97 Å². The molecule has 0 aliphatic heterocycles. The van der Waals surface area contributed by atoms with Crippen molar-refractivity contribution in [3.05, 3.63) is 59.9 Å². The zero-order valence-corrected chi connectivity index (χ0v) is 14.5. The van der Waals surface area contributed by atoms with Gasteiger partial charge in [0.25, 0.3) is 0 Å². The van der Waals surface area contributed by atoms with Gasteiger partial charge in [0.05, 0.1) is 30.3 Å². The van der Waals surface area contributed by atoms with E-state index < -0.39 is 0 Å². The fourth-order valence-corrected chi connectivity index (χ4v) is 2.46. The van der Waals surface area contributed by atoms with Crippen molar-refractivity contribution >= 4 is 17.0 Å². The number of carbonyl (C=O) groups excluding carboxylic acids is 1. The van der Waals surface area contributed by atoms with E-state index in [2.05, 4.69) is 16.8 Å². The van der Waals surface area contributed by atoms with E-state index in [-0.39, 0.29) is 5.97 Å². The van der Waals surface area contributed by atoms with E-state index in [1.807, 2.05) is 53.9 Å². The van der Waals surface area contributed by atoms with Crippen LogP contribution in [0.5, 0.6) is 0 Å². The highest BCUT2D eigenvalue weighted by atomic mass is 16.5. The second-order valence-electron chi connectivity index (χ2n) is 5.90. The molecule has 0 saturated carbocycles. The Kier molecular flexibility index (Phi) is 4.82. The van der Waals surface area contributed by atoms with Gasteiger partial charge in [-0.05, 0) is 56.6 Å². The average Bonchev–Trinajstić information content (AvgIpc) is 3.04. The van der Waals surface area contributed by atoms with Gasteiger partial charge in [-0.2, -0.15) is 0 Å². The average molecular weight is 333 g/mol. The first-order valence-corrected chi connectivity index (χ1v) is 7.88. The van der Waals surface area contributed by atoms with E-state index >= 15 is 0 Å². The minimum atomic E-state index is -0.360. The third-order valence-electron chi connectivity index (χ3n) is 3.74. The highest BCUT2D eigenvalue weighted by Crippen LogP contribution is 2.20. The number of aromatic nitrogens is 2. The summed E-state index contributed by atoms with van der Waals surface area (Å²) >= 11 is 0. The quantitative estimate of drug-likeness (QED) is 0.546. The summed E-state index contributed by atoms with van der Waals surface area (Å²) in [7, 11) is 5.36. The molecule has 2 aromatic carbocycles. The van der Waals surface area contributed by atoms with Crippen molar-refractivity contribution in [2.24, 2.45) is 0 Å². The number of ether oxygens (including phenoxy) is 1. The lowest BCUT2D eigenvalue weighted by Gasteiger charge is -2.06. The first-order valence-electron chi connectivity index (χ1n) is 7.88. The van der Waals surface area contributed by atoms with Crippen molar-refractivity contribution in [3.63, 3.8) is 0 Å². The Hall–Kier alpha value is -3.10. The summed E-state index contributed by atoms with van der Waals surface area (Å²) in [6.45, 7) is 0.726. The molecule has 1 heterocycles. The van der Waals surface area contributed by atoms with Crippen LogP contribution in [-0.4, -0.2) is 48.2 Å². The van der Waals surface area contributed by atoms with Crippen molar-refractivity contribution in [3.8, 4) is 17.5 Å². The lowest BCUT2D eigenvalue weighted by atomic mass is 10.2. The third-order valence-corrected chi connectivity index (χ3v) is 3.74. The standard InChI is InChI=1S/C20H19N3O2/c1-22(2)12-4-5-15-6-9-17(10-7-15)23-14-21-18-11-8-16(13-19(18)23)20(24)25-3/h6-11,13-14H,12H2,1-3H3. The van der Waals surface area contributed by atoms with E-state index in [0.717, 1.165) is 28.8 Å². The Morgan fingerprint density at radius 1 is 1.20 bits per heavy atom. The lowest BCUT2D eigenvalue weighted by Crippen LogP contribution is -2.10. The topological polar surface area (TPSA) is 47.4 Å². The van der Waals surface area contributed by atoms with Crippen LogP contribution >= 0.6 is 0 Å². The minimum Gasteiger partial charge on any atom is -0.465 e. The molecule has 0 saturated heterocycles. The molecule has 5 heteroatoms. The minimum absolute atomic E-state index is 0.360. The number of benzene rings is 2. The monoisotopic (exact) mass is 333 g/mol. The number of nitrogens with zero attached hydrogens (tertiary/aromatic N) is 3. The zero-order valence-electron chi connectivity index (χ0n) is 14.5. The molecule has 126 valence electrons. The molecule has 25 heavy (non-hydrogen) atoms. The fourth-order valence-electron chi connectivity index (χ4n) is 2.46. The molecule has 0 amide bonds. The van der Waals surface area contributed by atoms with Crippen LogP contribution in [0.3, 0.4) is 0 Å². The zero-order chi connectivity index (χ0) is 17.8. The molecule has 0 fully saturated rings. The number of carbonyl (C=O) groups is 1. The summed E-state index contributed by atoms with van der Waals surface area (Å²) in [6, 6.07) is 13.3. The van der Waals surface area contributed by atoms with Crippen LogP contribution in [0.4, 0.5) is 0 Å². The van der Waals surface area contributed by atoms with E-state index in [1.165, 1.54) is 7.11 Å². The molecule has 0 N–H and O–H groups in total. The summed E-state index contributed by atoms with van der Waals surface area (Å²) in [5, 5.41) is 0. The number of fused-ring (bicyclic) bond motifs is 1. The van der Waals surface area contributed by atoms with Crippen molar-refractivity contribution in [2.45, 2.75) is 0 Å². The van der Waals surface area contributed by atoms with E-state index in [1.54, 1.807) is 18.5 Å². The molecule has 3 rings (SSSR count). The van der Waals surface area contributed by atoms with Gasteiger partial charge in [-0.1, -0.05) is 11.8 Å². The molecule has 0 aliphatic rings. The Balaban J connectivity index is 1.93. The normalized spacial score (nSPS) is 10.6. The highest BCUT2D eigenvalue weighted by molar-refractivity contribution is 5.94. The largest absolute Gasteiger partial charge is 0.465 e. The second kappa shape index (κ2) is 7.20. The van der Waals surface area contributed by atoms with Gasteiger partial charge in [-0.25, -0.2) is 9.78 Å². The molecular formula is C20H19N3O2. The van der Waals surface area contributed by atoms with E-state index in [4.69, 9.17) is 4.74 Å². The van der Waals surface area contributed by atoms with Crippen molar-refractivity contribution in [1.29, 1.82) is 0 Å². The maximum absolute atomic E-state index is 11.7. The number of hydrogen-bond donors (Lipinski definition) is 0. The Morgan fingerprint density at radius 2 is 1.96 bits per heavy atom. The summed E-state index contributed by atoms with van der Waals surface area (Å²) in [5.74, 6) is 5.90. The van der Waals surface area contributed by atoms with Crippen LogP contribution in [0.15, 0.2) is 48.8 Å². The van der Waals surface area contributed by atoms with Crippen LogP contribution < -0.4 is 0 Å². The Morgan fingerprint density at radius 3 is 2.64 bits per heavy atom. The predicted molar refractivity (Wildman–Crippen MR) is 97.8 cm³/mol. The molecule has 0 atom stereocenters. The van der Waals surface area contributed by atoms with Gasteiger partial charge in [-0.3, -0.25) is 9.47 Å². The van der Waals surface area contributed by atoms with E-state index in [0.29, 0.717) is 5.56 Å². The molecule has 0 bridgehead atoms. The number of methoxy groups -OCH3 is 1. The lowest BCUT2D eigenvalue weighted by molar-refractivity contribution is 0.0601. The summed E-state index contributed by atoms with van der Waals surface area (Å²) in [5.41, 5.74) is 4.10. The van der Waals surface area contributed by atoms with Crippen molar-refractivity contribution in [1.82, 2.24) is 14.5 Å². The molecule has 0 unspecified atom stereocenters. The molecule has 0 spiro atoms. The molecule has 0 radical (unpaired) electrons. The SMILES string of the molecule is COC(=O)c1ccc2ncn(-c3ccc(C#CCN(C)C)cc3)c2c1. The summed E-state index contributed by atoms with van der Waals surface area (Å²) in [6.07, 6.45) is 1.75. The Bertz CT molecular complexity index is 960. The maximum atomic E-state index is 11.7. The number of rotatable bonds is 3. The van der Waals surface area contributed by atoms with Crippen LogP contribution in [0, 0.1) is 11.8 Å². The third kappa shape index (κ3) is 3.70. The highest BCUT2D eigenvalue weighted by Gasteiger charge is 2.10.